The van der Waals surface area contributed by atoms with Crippen LogP contribution in [0.3, 0.4) is 0 Å². The lowest BCUT2D eigenvalue weighted by molar-refractivity contribution is 0.478. The maximum absolute atomic E-state index is 5.43. The van der Waals surface area contributed by atoms with Gasteiger partial charge in [0.25, 0.3) is 0 Å². The first kappa shape index (κ1) is 11.3. The van der Waals surface area contributed by atoms with Gasteiger partial charge in [-0.25, -0.2) is 15.0 Å². The molecule has 6 heteroatoms. The van der Waals surface area contributed by atoms with Crippen LogP contribution in [0.4, 0.5) is 5.95 Å². The average molecular weight is 330 g/mol. The van der Waals surface area contributed by atoms with Gasteiger partial charge in [0, 0.05) is 16.0 Å². The molecule has 0 fully saturated rings. The highest BCUT2D eigenvalue weighted by atomic mass is 127. The standard InChI is InChI=1S/C10H11IN4O/c1-6-7(2)16-9(15-6)5-14-10-12-3-8(11)4-13-10/h3-4H,5H2,1-2H3,(H,12,13,14). The van der Waals surface area contributed by atoms with Gasteiger partial charge < -0.3 is 9.73 Å². The van der Waals surface area contributed by atoms with Crippen molar-refractivity contribution in [2.45, 2.75) is 20.4 Å². The SMILES string of the molecule is Cc1nc(CNc2ncc(I)cn2)oc1C. The Bertz CT molecular complexity index is 461. The normalized spacial score (nSPS) is 10.4. The predicted octanol–water partition coefficient (Wildman–Crippen LogP) is 2.30. The van der Waals surface area contributed by atoms with Gasteiger partial charge in [0.05, 0.1) is 12.2 Å². The first-order valence-electron chi connectivity index (χ1n) is 4.79. The Labute approximate surface area is 107 Å². The zero-order valence-corrected chi connectivity index (χ0v) is 11.1. The lowest BCUT2D eigenvalue weighted by Crippen LogP contribution is -2.03. The summed E-state index contributed by atoms with van der Waals surface area (Å²) in [7, 11) is 0. The van der Waals surface area contributed by atoms with Crippen molar-refractivity contribution in [3.8, 4) is 0 Å². The van der Waals surface area contributed by atoms with Crippen LogP contribution in [-0.4, -0.2) is 15.0 Å². The quantitative estimate of drug-likeness (QED) is 0.875. The monoisotopic (exact) mass is 330 g/mol. The predicted molar refractivity (Wildman–Crippen MR) is 68.1 cm³/mol. The van der Waals surface area contributed by atoms with Crippen LogP contribution in [0.5, 0.6) is 0 Å². The Morgan fingerprint density at radius 3 is 2.56 bits per heavy atom. The number of aryl methyl sites for hydroxylation is 2. The molecule has 0 aliphatic carbocycles. The number of halogens is 1. The second-order valence-corrected chi connectivity index (χ2v) is 4.57. The van der Waals surface area contributed by atoms with E-state index in [1.165, 1.54) is 0 Å². The van der Waals surface area contributed by atoms with E-state index in [1.807, 2.05) is 13.8 Å². The number of nitrogens with zero attached hydrogens (tertiary/aromatic N) is 3. The van der Waals surface area contributed by atoms with Crippen molar-refractivity contribution in [1.82, 2.24) is 15.0 Å². The first-order valence-corrected chi connectivity index (χ1v) is 5.87. The first-order chi connectivity index (χ1) is 7.65. The fourth-order valence-corrected chi connectivity index (χ4v) is 1.45. The summed E-state index contributed by atoms with van der Waals surface area (Å²) in [4.78, 5) is 12.5. The molecule has 2 aromatic rings. The van der Waals surface area contributed by atoms with E-state index < -0.39 is 0 Å². The summed E-state index contributed by atoms with van der Waals surface area (Å²) in [5.74, 6) is 2.08. The second-order valence-electron chi connectivity index (χ2n) is 3.33. The molecule has 0 saturated heterocycles. The molecule has 0 spiro atoms. The van der Waals surface area contributed by atoms with Gasteiger partial charge in [-0.15, -0.1) is 0 Å². The number of aromatic nitrogens is 3. The smallest absolute Gasteiger partial charge is 0.223 e. The third-order valence-corrected chi connectivity index (χ3v) is 2.65. The molecule has 5 nitrogen and oxygen atoms in total. The van der Waals surface area contributed by atoms with E-state index >= 15 is 0 Å². The summed E-state index contributed by atoms with van der Waals surface area (Å²) in [6, 6.07) is 0. The van der Waals surface area contributed by atoms with Crippen LogP contribution in [0.1, 0.15) is 17.3 Å². The van der Waals surface area contributed by atoms with Crippen molar-refractivity contribution in [3.05, 3.63) is 33.3 Å². The van der Waals surface area contributed by atoms with Crippen LogP contribution in [-0.2, 0) is 6.54 Å². The summed E-state index contributed by atoms with van der Waals surface area (Å²) in [6.07, 6.45) is 3.50. The Morgan fingerprint density at radius 2 is 2.00 bits per heavy atom. The van der Waals surface area contributed by atoms with E-state index in [9.17, 15) is 0 Å². The highest BCUT2D eigenvalue weighted by Gasteiger charge is 2.05. The molecular formula is C10H11IN4O. The van der Waals surface area contributed by atoms with E-state index in [2.05, 4.69) is 42.9 Å². The van der Waals surface area contributed by atoms with Gasteiger partial charge in [-0.2, -0.15) is 0 Å². The fraction of sp³-hybridized carbons (Fsp3) is 0.300. The van der Waals surface area contributed by atoms with Crippen molar-refractivity contribution in [2.24, 2.45) is 0 Å². The number of anilines is 1. The molecule has 0 aliphatic heterocycles. The van der Waals surface area contributed by atoms with Gasteiger partial charge >= 0.3 is 0 Å². The van der Waals surface area contributed by atoms with Crippen molar-refractivity contribution < 1.29 is 4.42 Å². The number of hydrogen-bond donors (Lipinski definition) is 1. The molecule has 0 aliphatic rings. The van der Waals surface area contributed by atoms with Crippen molar-refractivity contribution in [3.63, 3.8) is 0 Å². The Morgan fingerprint density at radius 1 is 1.31 bits per heavy atom. The van der Waals surface area contributed by atoms with Gasteiger partial charge in [-0.3, -0.25) is 0 Å². The van der Waals surface area contributed by atoms with Gasteiger partial charge in [-0.1, -0.05) is 0 Å². The zero-order valence-electron chi connectivity index (χ0n) is 8.99. The molecule has 1 N–H and O–H groups in total. The molecule has 0 amide bonds. The summed E-state index contributed by atoms with van der Waals surface area (Å²) >= 11 is 2.16. The third kappa shape index (κ3) is 2.69. The number of hydrogen-bond acceptors (Lipinski definition) is 5. The molecule has 16 heavy (non-hydrogen) atoms. The third-order valence-electron chi connectivity index (χ3n) is 2.09. The van der Waals surface area contributed by atoms with E-state index in [-0.39, 0.29) is 0 Å². The van der Waals surface area contributed by atoms with Crippen molar-refractivity contribution in [2.75, 3.05) is 5.32 Å². The molecule has 2 aromatic heterocycles. The molecule has 0 bridgehead atoms. The number of oxazole rings is 1. The molecule has 0 aromatic carbocycles. The minimum absolute atomic E-state index is 0.495. The van der Waals surface area contributed by atoms with Gasteiger partial charge in [0.2, 0.25) is 11.8 Å². The van der Waals surface area contributed by atoms with E-state index in [4.69, 9.17) is 4.42 Å². The van der Waals surface area contributed by atoms with Crippen LogP contribution >= 0.6 is 22.6 Å². The molecular weight excluding hydrogens is 319 g/mol. The molecule has 2 heterocycles. The van der Waals surface area contributed by atoms with E-state index in [1.54, 1.807) is 12.4 Å². The highest BCUT2D eigenvalue weighted by molar-refractivity contribution is 14.1. The average Bonchev–Trinajstić information content (AvgIpc) is 2.58. The van der Waals surface area contributed by atoms with E-state index in [0.717, 1.165) is 15.0 Å². The van der Waals surface area contributed by atoms with Crippen LogP contribution in [0.15, 0.2) is 16.8 Å². The van der Waals surface area contributed by atoms with Gasteiger partial charge in [0.15, 0.2) is 0 Å². The minimum Gasteiger partial charge on any atom is -0.444 e. The molecule has 0 atom stereocenters. The van der Waals surface area contributed by atoms with Gasteiger partial charge in [-0.05, 0) is 36.4 Å². The van der Waals surface area contributed by atoms with Crippen molar-refractivity contribution >= 4 is 28.5 Å². The molecule has 84 valence electrons. The number of nitrogens with one attached hydrogen (secondary N) is 1. The summed E-state index contributed by atoms with van der Waals surface area (Å²) < 4.78 is 6.43. The fourth-order valence-electron chi connectivity index (χ4n) is 1.17. The van der Waals surface area contributed by atoms with Crippen LogP contribution in [0, 0.1) is 17.4 Å². The van der Waals surface area contributed by atoms with Crippen molar-refractivity contribution in [1.29, 1.82) is 0 Å². The molecule has 2 rings (SSSR count). The van der Waals surface area contributed by atoms with Crippen LogP contribution in [0.25, 0.3) is 0 Å². The van der Waals surface area contributed by atoms with Gasteiger partial charge in [0.1, 0.15) is 5.76 Å². The summed E-state index contributed by atoms with van der Waals surface area (Å²) in [6.45, 7) is 4.31. The lowest BCUT2D eigenvalue weighted by atomic mass is 10.4. The maximum Gasteiger partial charge on any atom is 0.223 e. The Kier molecular flexibility index (Phi) is 3.37. The molecule has 0 radical (unpaired) electrons. The number of rotatable bonds is 3. The molecule has 0 saturated carbocycles. The Hall–Kier alpha value is -1.18. The largest absolute Gasteiger partial charge is 0.444 e. The minimum atomic E-state index is 0.495. The Balaban J connectivity index is 1.99. The zero-order chi connectivity index (χ0) is 11.5. The summed E-state index contributed by atoms with van der Waals surface area (Å²) in [5, 5.41) is 3.05. The lowest BCUT2D eigenvalue weighted by Gasteiger charge is -2.00. The second kappa shape index (κ2) is 4.77. The highest BCUT2D eigenvalue weighted by Crippen LogP contribution is 2.09. The van der Waals surface area contributed by atoms with Crippen LogP contribution in [0.2, 0.25) is 0 Å². The summed E-state index contributed by atoms with van der Waals surface area (Å²) in [5.41, 5.74) is 0.917. The molecule has 0 unspecified atom stereocenters. The maximum atomic E-state index is 5.43. The van der Waals surface area contributed by atoms with Crippen LogP contribution < -0.4 is 5.32 Å². The van der Waals surface area contributed by atoms with E-state index in [0.29, 0.717) is 18.4 Å². The topological polar surface area (TPSA) is 63.8 Å².